The number of rotatable bonds is 7. The maximum absolute atomic E-state index is 6.09. The van der Waals surface area contributed by atoms with E-state index >= 15 is 0 Å². The van der Waals surface area contributed by atoms with Crippen LogP contribution in [0.5, 0.6) is 5.88 Å². The first kappa shape index (κ1) is 16.0. The lowest BCUT2D eigenvalue weighted by Gasteiger charge is -2.30. The molecular formula is C14H24ClN3O. The minimum absolute atomic E-state index is 0.0947. The summed E-state index contributed by atoms with van der Waals surface area (Å²) in [6.07, 6.45) is 1.94. The zero-order valence-corrected chi connectivity index (χ0v) is 13.2. The first-order chi connectivity index (χ1) is 8.94. The van der Waals surface area contributed by atoms with Crippen molar-refractivity contribution in [3.05, 3.63) is 11.8 Å². The smallest absolute Gasteiger partial charge is 0.226 e. The summed E-state index contributed by atoms with van der Waals surface area (Å²) in [5, 5.41) is 3.36. The number of nitrogens with zero attached hydrogens (tertiary/aromatic N) is 2. The van der Waals surface area contributed by atoms with Crippen LogP contribution in [0.1, 0.15) is 46.2 Å². The molecule has 108 valence electrons. The predicted octanol–water partition coefficient (Wildman–Crippen LogP) is 3.78. The van der Waals surface area contributed by atoms with Crippen LogP contribution >= 0.6 is 11.6 Å². The lowest BCUT2D eigenvalue weighted by molar-refractivity contribution is 0.232. The van der Waals surface area contributed by atoms with Crippen molar-refractivity contribution in [2.24, 2.45) is 0 Å². The predicted molar refractivity (Wildman–Crippen MR) is 80.2 cm³/mol. The van der Waals surface area contributed by atoms with E-state index in [1.54, 1.807) is 0 Å². The highest BCUT2D eigenvalue weighted by atomic mass is 35.5. The van der Waals surface area contributed by atoms with Gasteiger partial charge in [0.25, 0.3) is 0 Å². The van der Waals surface area contributed by atoms with Gasteiger partial charge in [-0.1, -0.05) is 13.8 Å². The van der Waals surface area contributed by atoms with Crippen LogP contribution in [0.3, 0.4) is 0 Å². The molecule has 19 heavy (non-hydrogen) atoms. The fourth-order valence-electron chi connectivity index (χ4n) is 1.78. The number of aryl methyl sites for hydroxylation is 1. The molecule has 1 rings (SSSR count). The van der Waals surface area contributed by atoms with Gasteiger partial charge in [0.15, 0.2) is 0 Å². The van der Waals surface area contributed by atoms with Crippen molar-refractivity contribution in [3.8, 4) is 5.88 Å². The normalized spacial score (nSPS) is 11.7. The molecule has 1 aromatic heterocycles. The van der Waals surface area contributed by atoms with Gasteiger partial charge in [0.05, 0.1) is 11.6 Å². The summed E-state index contributed by atoms with van der Waals surface area (Å²) in [6.45, 7) is 10.1. The standard InChI is InChI=1S/C14H24ClN3O/c1-6-14(7-2,9-15)18-13-16-11(5)8-12(17-13)19-10(3)4/h8,10H,6-7,9H2,1-5H3,(H,16,17,18). The van der Waals surface area contributed by atoms with Gasteiger partial charge in [0.1, 0.15) is 0 Å². The van der Waals surface area contributed by atoms with Gasteiger partial charge < -0.3 is 10.1 Å². The van der Waals surface area contributed by atoms with Crippen molar-refractivity contribution in [1.82, 2.24) is 9.97 Å². The summed E-state index contributed by atoms with van der Waals surface area (Å²) in [5.74, 6) is 1.71. The van der Waals surface area contributed by atoms with Gasteiger partial charge in [-0.05, 0) is 33.6 Å². The number of ether oxygens (including phenoxy) is 1. The molecule has 0 aliphatic rings. The van der Waals surface area contributed by atoms with Crippen LogP contribution in [0.15, 0.2) is 6.07 Å². The molecule has 0 unspecified atom stereocenters. The van der Waals surface area contributed by atoms with E-state index in [0.29, 0.717) is 17.7 Å². The molecule has 0 fully saturated rings. The fourth-order valence-corrected chi connectivity index (χ4v) is 2.23. The van der Waals surface area contributed by atoms with Crippen LogP contribution in [0.4, 0.5) is 5.95 Å². The average Bonchev–Trinajstić information content (AvgIpc) is 2.34. The lowest BCUT2D eigenvalue weighted by atomic mass is 9.95. The number of nitrogens with one attached hydrogen (secondary N) is 1. The maximum Gasteiger partial charge on any atom is 0.226 e. The maximum atomic E-state index is 6.09. The second-order valence-corrected chi connectivity index (χ2v) is 5.35. The Hall–Kier alpha value is -1.03. The van der Waals surface area contributed by atoms with Crippen LogP contribution in [-0.2, 0) is 0 Å². The summed E-state index contributed by atoms with van der Waals surface area (Å²) < 4.78 is 5.63. The minimum atomic E-state index is -0.162. The molecule has 0 aromatic carbocycles. The Bertz CT molecular complexity index is 397. The quantitative estimate of drug-likeness (QED) is 0.775. The molecule has 1 N–H and O–H groups in total. The van der Waals surface area contributed by atoms with Gasteiger partial charge in [-0.2, -0.15) is 4.98 Å². The second kappa shape index (κ2) is 6.94. The number of hydrogen-bond acceptors (Lipinski definition) is 4. The molecule has 0 saturated carbocycles. The van der Waals surface area contributed by atoms with Crippen LogP contribution < -0.4 is 10.1 Å². The van der Waals surface area contributed by atoms with E-state index in [1.165, 1.54) is 0 Å². The second-order valence-electron chi connectivity index (χ2n) is 5.08. The molecule has 1 heterocycles. The summed E-state index contributed by atoms with van der Waals surface area (Å²) >= 11 is 6.09. The van der Waals surface area contributed by atoms with Crippen molar-refractivity contribution in [2.45, 2.75) is 59.1 Å². The molecular weight excluding hydrogens is 262 g/mol. The third-order valence-corrected chi connectivity index (χ3v) is 3.69. The van der Waals surface area contributed by atoms with E-state index < -0.39 is 0 Å². The van der Waals surface area contributed by atoms with Crippen molar-refractivity contribution in [2.75, 3.05) is 11.2 Å². The Morgan fingerprint density at radius 2 is 1.95 bits per heavy atom. The number of hydrogen-bond donors (Lipinski definition) is 1. The van der Waals surface area contributed by atoms with Gasteiger partial charge >= 0.3 is 0 Å². The monoisotopic (exact) mass is 285 g/mol. The van der Waals surface area contributed by atoms with E-state index in [2.05, 4.69) is 29.1 Å². The highest BCUT2D eigenvalue weighted by Gasteiger charge is 2.26. The van der Waals surface area contributed by atoms with E-state index in [0.717, 1.165) is 18.5 Å². The van der Waals surface area contributed by atoms with Gasteiger partial charge in [0.2, 0.25) is 11.8 Å². The van der Waals surface area contributed by atoms with E-state index in [1.807, 2.05) is 26.8 Å². The minimum Gasteiger partial charge on any atom is -0.475 e. The largest absolute Gasteiger partial charge is 0.475 e. The first-order valence-electron chi connectivity index (χ1n) is 6.81. The Labute approximate surface area is 120 Å². The van der Waals surface area contributed by atoms with Crippen molar-refractivity contribution < 1.29 is 4.74 Å². The molecule has 1 aromatic rings. The highest BCUT2D eigenvalue weighted by Crippen LogP contribution is 2.23. The molecule has 0 spiro atoms. The number of anilines is 1. The third kappa shape index (κ3) is 4.53. The van der Waals surface area contributed by atoms with Crippen LogP contribution in [0.2, 0.25) is 0 Å². The Morgan fingerprint density at radius 1 is 1.32 bits per heavy atom. The number of halogens is 1. The summed E-state index contributed by atoms with van der Waals surface area (Å²) in [4.78, 5) is 8.81. The van der Waals surface area contributed by atoms with E-state index in [9.17, 15) is 0 Å². The zero-order valence-electron chi connectivity index (χ0n) is 12.5. The Kier molecular flexibility index (Phi) is 5.85. The summed E-state index contributed by atoms with van der Waals surface area (Å²) in [7, 11) is 0. The van der Waals surface area contributed by atoms with Gasteiger partial charge in [0, 0.05) is 17.6 Å². The zero-order chi connectivity index (χ0) is 14.5. The van der Waals surface area contributed by atoms with E-state index in [-0.39, 0.29) is 11.6 Å². The van der Waals surface area contributed by atoms with Crippen molar-refractivity contribution in [1.29, 1.82) is 0 Å². The summed E-state index contributed by atoms with van der Waals surface area (Å²) in [6, 6.07) is 1.84. The van der Waals surface area contributed by atoms with Gasteiger partial charge in [-0.15, -0.1) is 11.6 Å². The first-order valence-corrected chi connectivity index (χ1v) is 7.34. The molecule has 0 aliphatic carbocycles. The van der Waals surface area contributed by atoms with Crippen molar-refractivity contribution >= 4 is 17.5 Å². The van der Waals surface area contributed by atoms with Crippen LogP contribution in [0.25, 0.3) is 0 Å². The van der Waals surface area contributed by atoms with Crippen LogP contribution in [0, 0.1) is 6.92 Å². The molecule has 0 saturated heterocycles. The lowest BCUT2D eigenvalue weighted by Crippen LogP contribution is -2.39. The molecule has 0 aliphatic heterocycles. The Balaban J connectivity index is 2.97. The highest BCUT2D eigenvalue weighted by molar-refractivity contribution is 6.18. The number of alkyl halides is 1. The SMILES string of the molecule is CCC(CC)(CCl)Nc1nc(C)cc(OC(C)C)n1. The van der Waals surface area contributed by atoms with Crippen LogP contribution in [-0.4, -0.2) is 27.5 Å². The molecule has 0 amide bonds. The van der Waals surface area contributed by atoms with Crippen molar-refractivity contribution in [3.63, 3.8) is 0 Å². The molecule has 5 heteroatoms. The summed E-state index contributed by atoms with van der Waals surface area (Å²) in [5.41, 5.74) is 0.716. The molecule has 0 bridgehead atoms. The van der Waals surface area contributed by atoms with E-state index in [4.69, 9.17) is 16.3 Å². The molecule has 0 atom stereocenters. The molecule has 4 nitrogen and oxygen atoms in total. The van der Waals surface area contributed by atoms with Gasteiger partial charge in [-0.25, -0.2) is 4.98 Å². The fraction of sp³-hybridized carbons (Fsp3) is 0.714. The number of aromatic nitrogens is 2. The molecule has 0 radical (unpaired) electrons. The Morgan fingerprint density at radius 3 is 2.42 bits per heavy atom. The topological polar surface area (TPSA) is 47.0 Å². The third-order valence-electron chi connectivity index (χ3n) is 3.17. The average molecular weight is 286 g/mol. The van der Waals surface area contributed by atoms with Gasteiger partial charge in [-0.3, -0.25) is 0 Å².